The third kappa shape index (κ3) is 1.94. The number of aliphatic carboxylic acids is 1. The van der Waals surface area contributed by atoms with Crippen LogP contribution in [0.4, 0.5) is 5.95 Å². The van der Waals surface area contributed by atoms with Crippen LogP contribution in [0.5, 0.6) is 0 Å². The Hall–Kier alpha value is -2.34. The summed E-state index contributed by atoms with van der Waals surface area (Å²) in [5, 5.41) is 17.1. The van der Waals surface area contributed by atoms with E-state index in [4.69, 9.17) is 11.6 Å². The molecule has 6 nitrogen and oxygen atoms in total. The first-order chi connectivity index (χ1) is 9.58. The Morgan fingerprint density at radius 3 is 2.75 bits per heavy atom. The number of fused-ring (bicyclic) bond motifs is 1. The zero-order valence-corrected chi connectivity index (χ0v) is 11.3. The molecule has 3 rings (SSSR count). The van der Waals surface area contributed by atoms with E-state index < -0.39 is 12.0 Å². The number of anilines is 1. The molecule has 1 aliphatic rings. The average molecular weight is 291 g/mol. The van der Waals surface area contributed by atoms with Crippen molar-refractivity contribution in [2.75, 3.05) is 5.32 Å². The first kappa shape index (κ1) is 12.7. The molecular weight excluding hydrogens is 280 g/mol. The number of carboxylic acid groups (broad SMARTS) is 1. The lowest BCUT2D eigenvalue weighted by atomic mass is 9.96. The molecule has 0 radical (unpaired) electrons. The van der Waals surface area contributed by atoms with Crippen molar-refractivity contribution in [3.63, 3.8) is 0 Å². The standard InChI is InChI=1S/C13H11ClN4O2/c1-7-10(12(19)20)11(8-2-4-9(14)5-3-8)18-13(17-7)15-6-16-18/h2-6,11H,1H3,(H,19,20)(H,15,16,17). The number of allylic oxidation sites excluding steroid dienone is 1. The van der Waals surface area contributed by atoms with Gasteiger partial charge >= 0.3 is 5.97 Å². The fourth-order valence-electron chi connectivity index (χ4n) is 2.32. The first-order valence-corrected chi connectivity index (χ1v) is 6.32. The maximum atomic E-state index is 11.6. The van der Waals surface area contributed by atoms with E-state index in [1.54, 1.807) is 35.9 Å². The Bertz CT molecular complexity index is 705. The largest absolute Gasteiger partial charge is 0.478 e. The highest BCUT2D eigenvalue weighted by Crippen LogP contribution is 2.34. The topological polar surface area (TPSA) is 80.0 Å². The van der Waals surface area contributed by atoms with Crippen LogP contribution in [0.3, 0.4) is 0 Å². The van der Waals surface area contributed by atoms with Crippen molar-refractivity contribution in [3.8, 4) is 0 Å². The van der Waals surface area contributed by atoms with Crippen molar-refractivity contribution >= 4 is 23.5 Å². The number of nitrogens with one attached hydrogen (secondary N) is 1. The van der Waals surface area contributed by atoms with E-state index >= 15 is 0 Å². The van der Waals surface area contributed by atoms with Gasteiger partial charge in [0.25, 0.3) is 0 Å². The van der Waals surface area contributed by atoms with E-state index in [1.807, 2.05) is 0 Å². The van der Waals surface area contributed by atoms with Crippen LogP contribution in [0.1, 0.15) is 18.5 Å². The van der Waals surface area contributed by atoms with Crippen LogP contribution in [-0.4, -0.2) is 25.8 Å². The minimum absolute atomic E-state index is 0.241. The van der Waals surface area contributed by atoms with Gasteiger partial charge in [0.05, 0.1) is 5.57 Å². The Labute approximate surface area is 119 Å². The summed E-state index contributed by atoms with van der Waals surface area (Å²) < 4.78 is 1.56. The number of carboxylic acids is 1. The summed E-state index contributed by atoms with van der Waals surface area (Å²) in [6.07, 6.45) is 1.39. The van der Waals surface area contributed by atoms with Gasteiger partial charge in [0.1, 0.15) is 12.4 Å². The molecule has 7 heteroatoms. The van der Waals surface area contributed by atoms with Gasteiger partial charge in [0, 0.05) is 10.7 Å². The third-order valence-corrected chi connectivity index (χ3v) is 3.46. The van der Waals surface area contributed by atoms with Crippen molar-refractivity contribution in [1.82, 2.24) is 14.8 Å². The van der Waals surface area contributed by atoms with E-state index in [0.29, 0.717) is 16.7 Å². The van der Waals surface area contributed by atoms with Crippen LogP contribution in [0.15, 0.2) is 41.9 Å². The number of aromatic nitrogens is 3. The second-order valence-electron chi connectivity index (χ2n) is 4.45. The zero-order chi connectivity index (χ0) is 14.3. The molecule has 1 aromatic carbocycles. The van der Waals surface area contributed by atoms with E-state index in [2.05, 4.69) is 15.4 Å². The molecule has 1 aromatic heterocycles. The highest BCUT2D eigenvalue weighted by atomic mass is 35.5. The van der Waals surface area contributed by atoms with Crippen LogP contribution in [-0.2, 0) is 4.79 Å². The van der Waals surface area contributed by atoms with Crippen LogP contribution >= 0.6 is 11.6 Å². The Morgan fingerprint density at radius 2 is 2.10 bits per heavy atom. The molecule has 20 heavy (non-hydrogen) atoms. The van der Waals surface area contributed by atoms with Crippen molar-refractivity contribution in [3.05, 3.63) is 52.4 Å². The predicted octanol–water partition coefficient (Wildman–Crippen LogP) is 2.30. The van der Waals surface area contributed by atoms with Crippen molar-refractivity contribution < 1.29 is 9.90 Å². The maximum absolute atomic E-state index is 11.6. The van der Waals surface area contributed by atoms with E-state index in [0.717, 1.165) is 5.56 Å². The molecule has 0 fully saturated rings. The first-order valence-electron chi connectivity index (χ1n) is 5.94. The number of hydrogen-bond donors (Lipinski definition) is 2. The maximum Gasteiger partial charge on any atom is 0.335 e. The molecule has 0 bridgehead atoms. The van der Waals surface area contributed by atoms with E-state index in [-0.39, 0.29) is 5.57 Å². The van der Waals surface area contributed by atoms with Gasteiger partial charge in [-0.05, 0) is 24.6 Å². The molecule has 1 unspecified atom stereocenters. The van der Waals surface area contributed by atoms with Gasteiger partial charge in [0.15, 0.2) is 0 Å². The molecule has 2 N–H and O–H groups in total. The number of halogens is 1. The zero-order valence-electron chi connectivity index (χ0n) is 10.5. The van der Waals surface area contributed by atoms with Gasteiger partial charge in [0.2, 0.25) is 5.95 Å². The molecule has 102 valence electrons. The smallest absolute Gasteiger partial charge is 0.335 e. The van der Waals surface area contributed by atoms with Gasteiger partial charge < -0.3 is 10.4 Å². The Balaban J connectivity index is 2.19. The van der Waals surface area contributed by atoms with Crippen molar-refractivity contribution in [2.45, 2.75) is 13.0 Å². The molecule has 0 saturated heterocycles. The second-order valence-corrected chi connectivity index (χ2v) is 4.89. The van der Waals surface area contributed by atoms with Crippen LogP contribution in [0.25, 0.3) is 0 Å². The second kappa shape index (κ2) is 4.64. The monoisotopic (exact) mass is 290 g/mol. The summed E-state index contributed by atoms with van der Waals surface area (Å²) in [5.74, 6) is -0.469. The summed E-state index contributed by atoms with van der Waals surface area (Å²) in [5.41, 5.74) is 1.59. The highest BCUT2D eigenvalue weighted by Gasteiger charge is 2.33. The molecule has 0 saturated carbocycles. The number of nitrogens with zero attached hydrogens (tertiary/aromatic N) is 3. The Morgan fingerprint density at radius 1 is 1.40 bits per heavy atom. The summed E-state index contributed by atoms with van der Waals surface area (Å²) in [7, 11) is 0. The average Bonchev–Trinajstić information content (AvgIpc) is 2.85. The molecular formula is C13H11ClN4O2. The molecule has 0 amide bonds. The number of rotatable bonds is 2. The number of benzene rings is 1. The molecule has 0 aliphatic carbocycles. The van der Waals surface area contributed by atoms with Crippen LogP contribution < -0.4 is 5.32 Å². The lowest BCUT2D eigenvalue weighted by Gasteiger charge is -2.27. The fraction of sp³-hybridized carbons (Fsp3) is 0.154. The van der Waals surface area contributed by atoms with Crippen LogP contribution in [0.2, 0.25) is 5.02 Å². The van der Waals surface area contributed by atoms with Gasteiger partial charge in [-0.1, -0.05) is 23.7 Å². The molecule has 2 heterocycles. The minimum atomic E-state index is -0.990. The van der Waals surface area contributed by atoms with Gasteiger partial charge in [-0.15, -0.1) is 0 Å². The summed E-state index contributed by atoms with van der Waals surface area (Å²) in [6.45, 7) is 1.71. The molecule has 2 aromatic rings. The summed E-state index contributed by atoms with van der Waals surface area (Å²) >= 11 is 5.88. The minimum Gasteiger partial charge on any atom is -0.478 e. The summed E-state index contributed by atoms with van der Waals surface area (Å²) in [4.78, 5) is 15.6. The van der Waals surface area contributed by atoms with Crippen molar-refractivity contribution in [1.29, 1.82) is 0 Å². The lowest BCUT2D eigenvalue weighted by molar-refractivity contribution is -0.133. The Kier molecular flexibility index (Phi) is 2.94. The summed E-state index contributed by atoms with van der Waals surface area (Å²) in [6, 6.07) is 6.51. The number of hydrogen-bond acceptors (Lipinski definition) is 4. The van der Waals surface area contributed by atoms with Crippen molar-refractivity contribution in [2.24, 2.45) is 0 Å². The van der Waals surface area contributed by atoms with Gasteiger partial charge in [-0.25, -0.2) is 9.48 Å². The normalized spacial score (nSPS) is 17.6. The molecule has 1 aliphatic heterocycles. The fourth-order valence-corrected chi connectivity index (χ4v) is 2.45. The van der Waals surface area contributed by atoms with E-state index in [1.165, 1.54) is 6.33 Å². The lowest BCUT2D eigenvalue weighted by Crippen LogP contribution is -2.28. The quantitative estimate of drug-likeness (QED) is 0.887. The highest BCUT2D eigenvalue weighted by molar-refractivity contribution is 6.30. The molecule has 1 atom stereocenters. The van der Waals surface area contributed by atoms with E-state index in [9.17, 15) is 9.90 Å². The number of carbonyl (C=O) groups is 1. The molecule has 0 spiro atoms. The predicted molar refractivity (Wildman–Crippen MR) is 73.6 cm³/mol. The third-order valence-electron chi connectivity index (χ3n) is 3.21. The van der Waals surface area contributed by atoms with Gasteiger partial charge in [-0.2, -0.15) is 10.1 Å². The van der Waals surface area contributed by atoms with Gasteiger partial charge in [-0.3, -0.25) is 0 Å². The van der Waals surface area contributed by atoms with Crippen LogP contribution in [0, 0.1) is 0 Å². The SMILES string of the molecule is CC1=C(C(=O)O)C(c2ccc(Cl)cc2)n2ncnc2N1.